The fraction of sp³-hybridized carbons (Fsp3) is 0.120. The van der Waals surface area contributed by atoms with Gasteiger partial charge in [-0.25, -0.2) is 9.48 Å². The Kier molecular flexibility index (Phi) is 6.21. The highest BCUT2D eigenvalue weighted by atomic mass is 35.5. The van der Waals surface area contributed by atoms with Gasteiger partial charge in [0.15, 0.2) is 0 Å². The van der Waals surface area contributed by atoms with Gasteiger partial charge in [0, 0.05) is 16.2 Å². The second-order valence-electron chi connectivity index (χ2n) is 7.36. The lowest BCUT2D eigenvalue weighted by Crippen LogP contribution is -2.02. The maximum atomic E-state index is 11.8. The summed E-state index contributed by atoms with van der Waals surface area (Å²) >= 11 is 12.4. The predicted molar refractivity (Wildman–Crippen MR) is 126 cm³/mol. The Bertz CT molecular complexity index is 1280. The van der Waals surface area contributed by atoms with Gasteiger partial charge in [-0.15, -0.1) is 5.10 Å². The van der Waals surface area contributed by atoms with Crippen LogP contribution in [-0.2, 0) is 4.74 Å². The summed E-state index contributed by atoms with van der Waals surface area (Å²) in [6.45, 7) is 3.89. The summed E-state index contributed by atoms with van der Waals surface area (Å²) in [6, 6.07) is 18.4. The van der Waals surface area contributed by atoms with Crippen molar-refractivity contribution in [2.75, 3.05) is 7.11 Å². The number of carbonyl (C=O) groups is 1. The molecule has 0 aliphatic rings. The molecule has 0 unspecified atom stereocenters. The van der Waals surface area contributed by atoms with Crippen LogP contribution in [0.25, 0.3) is 16.8 Å². The van der Waals surface area contributed by atoms with Crippen molar-refractivity contribution < 1.29 is 14.3 Å². The summed E-state index contributed by atoms with van der Waals surface area (Å²) < 4.78 is 12.7. The molecule has 0 N–H and O–H groups in total. The van der Waals surface area contributed by atoms with E-state index in [1.54, 1.807) is 41.1 Å². The Hall–Kier alpha value is -3.28. The number of hydrogen-bond acceptors (Lipinski definition) is 4. The minimum Gasteiger partial charge on any atom is -0.465 e. The van der Waals surface area contributed by atoms with Gasteiger partial charge in [0.1, 0.15) is 5.75 Å². The zero-order valence-electron chi connectivity index (χ0n) is 17.7. The highest BCUT2D eigenvalue weighted by Crippen LogP contribution is 2.35. The van der Waals surface area contributed by atoms with Crippen LogP contribution in [0.3, 0.4) is 0 Å². The quantitative estimate of drug-likeness (QED) is 0.296. The van der Waals surface area contributed by atoms with E-state index >= 15 is 0 Å². The Morgan fingerprint density at radius 1 is 0.938 bits per heavy atom. The molecule has 1 aromatic heterocycles. The maximum absolute atomic E-state index is 11.8. The Balaban J connectivity index is 1.78. The lowest BCUT2D eigenvalue weighted by atomic mass is 10.1. The highest BCUT2D eigenvalue weighted by Gasteiger charge is 2.17. The van der Waals surface area contributed by atoms with E-state index in [0.29, 0.717) is 32.9 Å². The van der Waals surface area contributed by atoms with E-state index in [2.05, 4.69) is 5.10 Å². The number of esters is 1. The number of aromatic nitrogens is 2. The molecule has 7 heteroatoms. The number of rotatable bonds is 5. The first kappa shape index (κ1) is 21.9. The third-order valence-electron chi connectivity index (χ3n) is 4.96. The van der Waals surface area contributed by atoms with Gasteiger partial charge in [-0.2, -0.15) is 0 Å². The van der Waals surface area contributed by atoms with Crippen LogP contribution in [-0.4, -0.2) is 22.9 Å². The number of benzene rings is 3. The first-order valence-electron chi connectivity index (χ1n) is 9.84. The number of ether oxygens (including phenoxy) is 2. The van der Waals surface area contributed by atoms with E-state index in [1.165, 1.54) is 7.11 Å². The number of halogens is 2. The summed E-state index contributed by atoms with van der Waals surface area (Å²) in [6.07, 6.45) is 1.88. The molecule has 0 saturated carbocycles. The van der Waals surface area contributed by atoms with Crippen molar-refractivity contribution in [3.05, 3.63) is 93.6 Å². The molecule has 0 radical (unpaired) electrons. The summed E-state index contributed by atoms with van der Waals surface area (Å²) in [5.41, 5.74) is 4.85. The SMILES string of the molecule is COC(=O)c1ccc(Oc2nn(-c3cc(Cl)cc(Cl)c3)cc2-c2ccc(C)cc2)c(C)c1. The molecule has 0 amide bonds. The molecule has 0 saturated heterocycles. The second-order valence-corrected chi connectivity index (χ2v) is 8.23. The number of nitrogens with zero attached hydrogens (tertiary/aromatic N) is 2. The van der Waals surface area contributed by atoms with Crippen molar-refractivity contribution in [2.24, 2.45) is 0 Å². The van der Waals surface area contributed by atoms with Crippen LogP contribution in [0.5, 0.6) is 11.6 Å². The normalized spacial score (nSPS) is 10.8. The molecule has 1 heterocycles. The molecule has 5 nitrogen and oxygen atoms in total. The van der Waals surface area contributed by atoms with Gasteiger partial charge in [0.25, 0.3) is 0 Å². The zero-order chi connectivity index (χ0) is 22.8. The number of methoxy groups -OCH3 is 1. The number of carbonyl (C=O) groups excluding carboxylic acids is 1. The summed E-state index contributed by atoms with van der Waals surface area (Å²) in [4.78, 5) is 11.8. The molecule has 0 aliphatic carbocycles. The lowest BCUT2D eigenvalue weighted by Gasteiger charge is -2.09. The molecular weight excluding hydrogens is 447 g/mol. The summed E-state index contributed by atoms with van der Waals surface area (Å²) in [7, 11) is 1.35. The van der Waals surface area contributed by atoms with Gasteiger partial charge in [-0.3, -0.25) is 0 Å². The average molecular weight is 467 g/mol. The van der Waals surface area contributed by atoms with Gasteiger partial charge in [-0.1, -0.05) is 53.0 Å². The van der Waals surface area contributed by atoms with Gasteiger partial charge in [0.05, 0.1) is 23.9 Å². The van der Waals surface area contributed by atoms with Crippen molar-refractivity contribution in [3.63, 3.8) is 0 Å². The van der Waals surface area contributed by atoms with Crippen molar-refractivity contribution in [2.45, 2.75) is 13.8 Å². The maximum Gasteiger partial charge on any atom is 0.337 e. The molecule has 0 atom stereocenters. The average Bonchev–Trinajstić information content (AvgIpc) is 3.18. The van der Waals surface area contributed by atoms with Crippen molar-refractivity contribution in [1.82, 2.24) is 9.78 Å². The van der Waals surface area contributed by atoms with Crippen LogP contribution < -0.4 is 4.74 Å². The van der Waals surface area contributed by atoms with E-state index in [-0.39, 0.29) is 0 Å². The molecule has 162 valence electrons. The van der Waals surface area contributed by atoms with Gasteiger partial charge < -0.3 is 9.47 Å². The minimum absolute atomic E-state index is 0.401. The third kappa shape index (κ3) is 4.64. The Morgan fingerprint density at radius 3 is 2.25 bits per heavy atom. The smallest absolute Gasteiger partial charge is 0.337 e. The first-order valence-corrected chi connectivity index (χ1v) is 10.6. The van der Waals surface area contributed by atoms with E-state index < -0.39 is 5.97 Å². The molecule has 4 aromatic rings. The van der Waals surface area contributed by atoms with Gasteiger partial charge in [0.2, 0.25) is 5.88 Å². The van der Waals surface area contributed by atoms with Crippen LogP contribution in [0, 0.1) is 13.8 Å². The van der Waals surface area contributed by atoms with Crippen molar-refractivity contribution >= 4 is 29.2 Å². The van der Waals surface area contributed by atoms with Crippen molar-refractivity contribution in [3.8, 4) is 28.4 Å². The molecule has 0 bridgehead atoms. The highest BCUT2D eigenvalue weighted by molar-refractivity contribution is 6.34. The van der Waals surface area contributed by atoms with Crippen LogP contribution in [0.2, 0.25) is 10.0 Å². The monoisotopic (exact) mass is 466 g/mol. The standard InChI is InChI=1S/C25H20Cl2N2O3/c1-15-4-6-17(7-5-15)22-14-29(21-12-19(26)11-20(27)13-21)28-24(22)32-23-9-8-18(10-16(23)2)25(30)31-3/h4-14H,1-3H3. The van der Waals surface area contributed by atoms with Gasteiger partial charge in [-0.05, 0) is 61.4 Å². The fourth-order valence-corrected chi connectivity index (χ4v) is 3.80. The molecular formula is C25H20Cl2N2O3. The number of aryl methyl sites for hydroxylation is 2. The lowest BCUT2D eigenvalue weighted by molar-refractivity contribution is 0.0600. The zero-order valence-corrected chi connectivity index (χ0v) is 19.2. The van der Waals surface area contributed by atoms with Crippen LogP contribution >= 0.6 is 23.2 Å². The fourth-order valence-electron chi connectivity index (χ4n) is 3.28. The second kappa shape index (κ2) is 9.07. The first-order chi connectivity index (χ1) is 15.3. The molecule has 3 aromatic carbocycles. The molecule has 32 heavy (non-hydrogen) atoms. The molecule has 0 aliphatic heterocycles. The van der Waals surface area contributed by atoms with Crippen LogP contribution in [0.4, 0.5) is 0 Å². The van der Waals surface area contributed by atoms with E-state index in [1.807, 2.05) is 44.3 Å². The van der Waals surface area contributed by atoms with Crippen LogP contribution in [0.15, 0.2) is 66.9 Å². The molecule has 0 spiro atoms. The Labute approximate surface area is 196 Å². The van der Waals surface area contributed by atoms with Gasteiger partial charge >= 0.3 is 5.97 Å². The Morgan fingerprint density at radius 2 is 1.62 bits per heavy atom. The van der Waals surface area contributed by atoms with Crippen LogP contribution in [0.1, 0.15) is 21.5 Å². The van der Waals surface area contributed by atoms with E-state index in [4.69, 9.17) is 32.7 Å². The third-order valence-corrected chi connectivity index (χ3v) is 5.39. The van der Waals surface area contributed by atoms with Crippen molar-refractivity contribution in [1.29, 1.82) is 0 Å². The summed E-state index contributed by atoms with van der Waals surface area (Å²) in [5, 5.41) is 5.68. The topological polar surface area (TPSA) is 53.4 Å². The largest absolute Gasteiger partial charge is 0.465 e. The summed E-state index contributed by atoms with van der Waals surface area (Å²) in [5.74, 6) is 0.598. The minimum atomic E-state index is -0.401. The van der Waals surface area contributed by atoms with E-state index in [0.717, 1.165) is 22.3 Å². The number of hydrogen-bond donors (Lipinski definition) is 0. The predicted octanol–water partition coefficient (Wildman–Crippen LogP) is 7.04. The van der Waals surface area contributed by atoms with E-state index in [9.17, 15) is 4.79 Å². The molecule has 4 rings (SSSR count). The molecule has 0 fully saturated rings.